The maximum Gasteiger partial charge on any atom is 0.343 e. The molecule has 0 radical (unpaired) electrons. The summed E-state index contributed by atoms with van der Waals surface area (Å²) in [5.74, 6) is 0.244. The third-order valence-corrected chi connectivity index (χ3v) is 5.24. The van der Waals surface area contributed by atoms with Crippen LogP contribution in [0.5, 0.6) is 11.5 Å². The molecule has 0 heterocycles. The Kier molecular flexibility index (Phi) is 10.4. The van der Waals surface area contributed by atoms with Gasteiger partial charge in [-0.25, -0.2) is 9.59 Å². The smallest absolute Gasteiger partial charge is 0.343 e. The quantitative estimate of drug-likeness (QED) is 0.205. The monoisotopic (exact) mass is 446 g/mol. The average Bonchev–Trinajstić information content (AvgIpc) is 2.77. The zero-order chi connectivity index (χ0) is 22.6. The first-order valence-corrected chi connectivity index (χ1v) is 11.2. The summed E-state index contributed by atoms with van der Waals surface area (Å²) in [5, 5.41) is 0.172. The van der Waals surface area contributed by atoms with Crippen molar-refractivity contribution < 1.29 is 23.8 Å². The van der Waals surface area contributed by atoms with E-state index < -0.39 is 11.9 Å². The number of carbonyl (C=O) groups excluding carboxylic acids is 2. The highest BCUT2D eigenvalue weighted by Gasteiger charge is 2.16. The van der Waals surface area contributed by atoms with Crippen LogP contribution in [0, 0.1) is 5.92 Å². The van der Waals surface area contributed by atoms with E-state index >= 15 is 0 Å². The Labute approximate surface area is 189 Å². The van der Waals surface area contributed by atoms with Crippen molar-refractivity contribution in [3.05, 3.63) is 58.6 Å². The molecule has 0 aromatic heterocycles. The van der Waals surface area contributed by atoms with Gasteiger partial charge in [-0.2, -0.15) is 0 Å². The number of hydrogen-bond donors (Lipinski definition) is 0. The van der Waals surface area contributed by atoms with Gasteiger partial charge in [0.05, 0.1) is 29.4 Å². The fourth-order valence-corrected chi connectivity index (χ4v) is 2.96. The van der Waals surface area contributed by atoms with Crippen molar-refractivity contribution in [3.63, 3.8) is 0 Å². The molecule has 31 heavy (non-hydrogen) atoms. The molecule has 2 aromatic carbocycles. The second kappa shape index (κ2) is 13.0. The fourth-order valence-electron chi connectivity index (χ4n) is 2.71. The van der Waals surface area contributed by atoms with Crippen LogP contribution in [-0.4, -0.2) is 25.2 Å². The number of rotatable bonds is 12. The SMILES string of the molecule is CCCCCCOc1ccc(C(=O)Oc2ccc(C(=O)OC[C@@H](C)CC)c(Cl)c2)cc1. The summed E-state index contributed by atoms with van der Waals surface area (Å²) < 4.78 is 16.3. The predicted molar refractivity (Wildman–Crippen MR) is 122 cm³/mol. The van der Waals surface area contributed by atoms with Gasteiger partial charge in [0.25, 0.3) is 0 Å². The zero-order valence-electron chi connectivity index (χ0n) is 18.5. The molecule has 0 spiro atoms. The van der Waals surface area contributed by atoms with Crippen LogP contribution < -0.4 is 9.47 Å². The highest BCUT2D eigenvalue weighted by molar-refractivity contribution is 6.33. The van der Waals surface area contributed by atoms with Gasteiger partial charge < -0.3 is 14.2 Å². The molecule has 0 fully saturated rings. The van der Waals surface area contributed by atoms with Crippen molar-refractivity contribution in [2.45, 2.75) is 52.9 Å². The van der Waals surface area contributed by atoms with Crippen molar-refractivity contribution in [1.82, 2.24) is 0 Å². The predicted octanol–water partition coefficient (Wildman–Crippen LogP) is 6.72. The molecular formula is C25H31ClO5. The van der Waals surface area contributed by atoms with Crippen LogP contribution in [-0.2, 0) is 4.74 Å². The van der Waals surface area contributed by atoms with Crippen molar-refractivity contribution in [2.24, 2.45) is 5.92 Å². The molecule has 0 bridgehead atoms. The van der Waals surface area contributed by atoms with Gasteiger partial charge >= 0.3 is 11.9 Å². The van der Waals surface area contributed by atoms with Gasteiger partial charge in [0, 0.05) is 6.07 Å². The van der Waals surface area contributed by atoms with Crippen LogP contribution in [0.3, 0.4) is 0 Å². The van der Waals surface area contributed by atoms with Crippen LogP contribution in [0.4, 0.5) is 0 Å². The molecule has 0 aliphatic carbocycles. The topological polar surface area (TPSA) is 61.8 Å². The molecule has 0 aliphatic heterocycles. The fraction of sp³-hybridized carbons (Fsp3) is 0.440. The van der Waals surface area contributed by atoms with Crippen molar-refractivity contribution in [3.8, 4) is 11.5 Å². The maximum absolute atomic E-state index is 12.4. The number of benzene rings is 2. The van der Waals surface area contributed by atoms with E-state index in [0.717, 1.165) is 25.0 Å². The number of ether oxygens (including phenoxy) is 3. The summed E-state index contributed by atoms with van der Waals surface area (Å²) >= 11 is 6.20. The molecule has 0 aliphatic rings. The summed E-state index contributed by atoms with van der Waals surface area (Å²) in [7, 11) is 0. The first-order valence-electron chi connectivity index (χ1n) is 10.9. The van der Waals surface area contributed by atoms with Crippen LogP contribution in [0.2, 0.25) is 5.02 Å². The van der Waals surface area contributed by atoms with E-state index in [2.05, 4.69) is 6.92 Å². The van der Waals surface area contributed by atoms with Gasteiger partial charge in [-0.05, 0) is 48.7 Å². The maximum atomic E-state index is 12.4. The molecule has 0 saturated heterocycles. The molecule has 168 valence electrons. The average molecular weight is 447 g/mol. The molecule has 0 N–H and O–H groups in total. The molecule has 0 unspecified atom stereocenters. The van der Waals surface area contributed by atoms with E-state index in [1.165, 1.54) is 31.0 Å². The van der Waals surface area contributed by atoms with Gasteiger partial charge in [-0.3, -0.25) is 0 Å². The van der Waals surface area contributed by atoms with Crippen molar-refractivity contribution in [2.75, 3.05) is 13.2 Å². The Hall–Kier alpha value is -2.53. The number of esters is 2. The minimum Gasteiger partial charge on any atom is -0.494 e. The normalized spacial score (nSPS) is 11.6. The second-order valence-electron chi connectivity index (χ2n) is 7.58. The summed E-state index contributed by atoms with van der Waals surface area (Å²) in [5.41, 5.74) is 0.636. The number of unbranched alkanes of at least 4 members (excludes halogenated alkanes) is 3. The summed E-state index contributed by atoms with van der Waals surface area (Å²) in [6, 6.07) is 11.3. The van der Waals surface area contributed by atoms with Gasteiger partial charge in [0.15, 0.2) is 0 Å². The third kappa shape index (κ3) is 8.25. The van der Waals surface area contributed by atoms with Crippen LogP contribution in [0.25, 0.3) is 0 Å². The molecule has 1 atom stereocenters. The van der Waals surface area contributed by atoms with E-state index in [4.69, 9.17) is 25.8 Å². The van der Waals surface area contributed by atoms with Crippen LogP contribution >= 0.6 is 11.6 Å². The van der Waals surface area contributed by atoms with Crippen molar-refractivity contribution >= 4 is 23.5 Å². The lowest BCUT2D eigenvalue weighted by molar-refractivity contribution is 0.0447. The molecule has 6 heteroatoms. The van der Waals surface area contributed by atoms with Crippen LogP contribution in [0.15, 0.2) is 42.5 Å². The van der Waals surface area contributed by atoms with Crippen LogP contribution in [0.1, 0.15) is 73.6 Å². The van der Waals surface area contributed by atoms with Gasteiger partial charge in [-0.1, -0.05) is 58.1 Å². The summed E-state index contributed by atoms with van der Waals surface area (Å²) in [4.78, 5) is 24.6. The van der Waals surface area contributed by atoms with Gasteiger partial charge in [0.2, 0.25) is 0 Å². The zero-order valence-corrected chi connectivity index (χ0v) is 19.2. The standard InChI is InChI=1S/C25H31ClO5/c1-4-6-7-8-15-29-20-11-9-19(10-12-20)24(27)31-21-13-14-22(23(26)16-21)25(28)30-17-18(3)5-2/h9-14,16,18H,4-8,15,17H2,1-3H3/t18-/m0/s1. The minimum atomic E-state index is -0.516. The summed E-state index contributed by atoms with van der Waals surface area (Å²) in [6.45, 7) is 7.20. The molecular weight excluding hydrogens is 416 g/mol. The number of hydrogen-bond acceptors (Lipinski definition) is 5. The number of halogens is 1. The highest BCUT2D eigenvalue weighted by atomic mass is 35.5. The molecule has 0 saturated carbocycles. The lowest BCUT2D eigenvalue weighted by Crippen LogP contribution is -2.12. The Morgan fingerprint density at radius 2 is 1.65 bits per heavy atom. The van der Waals surface area contributed by atoms with E-state index in [-0.39, 0.29) is 22.3 Å². The molecule has 2 aromatic rings. The Balaban J connectivity index is 1.90. The first-order chi connectivity index (χ1) is 14.9. The lowest BCUT2D eigenvalue weighted by Gasteiger charge is -2.11. The Morgan fingerprint density at radius 3 is 2.29 bits per heavy atom. The van der Waals surface area contributed by atoms with Crippen molar-refractivity contribution in [1.29, 1.82) is 0 Å². The lowest BCUT2D eigenvalue weighted by atomic mass is 10.1. The van der Waals surface area contributed by atoms with E-state index in [1.54, 1.807) is 24.3 Å². The minimum absolute atomic E-state index is 0.172. The molecule has 2 rings (SSSR count). The second-order valence-corrected chi connectivity index (χ2v) is 7.98. The third-order valence-electron chi connectivity index (χ3n) is 4.92. The molecule has 0 amide bonds. The Morgan fingerprint density at radius 1 is 0.935 bits per heavy atom. The van der Waals surface area contributed by atoms with E-state index in [1.807, 2.05) is 13.8 Å². The number of carbonyl (C=O) groups is 2. The first kappa shape index (κ1) is 24.7. The summed E-state index contributed by atoms with van der Waals surface area (Å²) in [6.07, 6.45) is 5.48. The highest BCUT2D eigenvalue weighted by Crippen LogP contribution is 2.25. The molecule has 5 nitrogen and oxygen atoms in total. The van der Waals surface area contributed by atoms with E-state index in [0.29, 0.717) is 18.8 Å². The Bertz CT molecular complexity index is 847. The van der Waals surface area contributed by atoms with Gasteiger partial charge in [-0.15, -0.1) is 0 Å². The largest absolute Gasteiger partial charge is 0.494 e. The van der Waals surface area contributed by atoms with Gasteiger partial charge in [0.1, 0.15) is 11.5 Å². The van der Waals surface area contributed by atoms with E-state index in [9.17, 15) is 9.59 Å².